The van der Waals surface area contributed by atoms with Crippen molar-refractivity contribution in [2.75, 3.05) is 19.6 Å². The number of halogens is 2. The predicted octanol–water partition coefficient (Wildman–Crippen LogP) is 3.73. The van der Waals surface area contributed by atoms with Crippen molar-refractivity contribution in [3.05, 3.63) is 33.8 Å². The van der Waals surface area contributed by atoms with Crippen LogP contribution in [0.3, 0.4) is 0 Å². The van der Waals surface area contributed by atoms with E-state index in [4.69, 9.17) is 28.9 Å². The summed E-state index contributed by atoms with van der Waals surface area (Å²) in [6.07, 6.45) is 2.46. The van der Waals surface area contributed by atoms with Crippen LogP contribution in [0.5, 0.6) is 0 Å². The molecule has 1 saturated heterocycles. The molecule has 0 saturated carbocycles. The molecule has 0 aromatic heterocycles. The summed E-state index contributed by atoms with van der Waals surface area (Å²) in [6.45, 7) is 5.06. The van der Waals surface area contributed by atoms with Gasteiger partial charge in [-0.3, -0.25) is 4.90 Å². The van der Waals surface area contributed by atoms with Gasteiger partial charge in [-0.1, -0.05) is 42.3 Å². The number of nitrogens with zero attached hydrogens (tertiary/aromatic N) is 1. The number of nitrogens with two attached hydrogens (primary N) is 1. The van der Waals surface area contributed by atoms with Crippen molar-refractivity contribution in [2.45, 2.75) is 25.8 Å². The van der Waals surface area contributed by atoms with E-state index in [0.717, 1.165) is 24.6 Å². The lowest BCUT2D eigenvalue weighted by Gasteiger charge is -2.36. The van der Waals surface area contributed by atoms with E-state index in [-0.39, 0.29) is 6.04 Å². The summed E-state index contributed by atoms with van der Waals surface area (Å²) in [5.74, 6) is 0.814. The highest BCUT2D eigenvalue weighted by Gasteiger charge is 2.25. The van der Waals surface area contributed by atoms with Crippen LogP contribution >= 0.6 is 23.2 Å². The Balaban J connectivity index is 2.20. The molecule has 1 aliphatic rings. The molecule has 2 N–H and O–H groups in total. The Morgan fingerprint density at radius 1 is 1.33 bits per heavy atom. The van der Waals surface area contributed by atoms with Gasteiger partial charge in [0.2, 0.25) is 0 Å². The Morgan fingerprint density at radius 3 is 2.61 bits per heavy atom. The van der Waals surface area contributed by atoms with Gasteiger partial charge in [-0.2, -0.15) is 0 Å². The third-order valence-corrected chi connectivity index (χ3v) is 4.66. The van der Waals surface area contributed by atoms with Gasteiger partial charge < -0.3 is 5.73 Å². The highest BCUT2D eigenvalue weighted by atomic mass is 35.5. The molecule has 0 radical (unpaired) electrons. The highest BCUT2D eigenvalue weighted by Crippen LogP contribution is 2.34. The van der Waals surface area contributed by atoms with Crippen LogP contribution in [-0.2, 0) is 0 Å². The van der Waals surface area contributed by atoms with E-state index < -0.39 is 0 Å². The Bertz CT molecular complexity index is 401. The molecule has 1 aromatic carbocycles. The van der Waals surface area contributed by atoms with Gasteiger partial charge in [0.1, 0.15) is 0 Å². The molecule has 0 aliphatic carbocycles. The third kappa shape index (κ3) is 3.00. The Hall–Kier alpha value is -0.280. The van der Waals surface area contributed by atoms with Gasteiger partial charge in [-0.05, 0) is 43.5 Å². The van der Waals surface area contributed by atoms with E-state index in [0.29, 0.717) is 16.6 Å². The van der Waals surface area contributed by atoms with E-state index in [9.17, 15) is 0 Å². The first kappa shape index (κ1) is 14.1. The number of hydrogen-bond donors (Lipinski definition) is 1. The van der Waals surface area contributed by atoms with Gasteiger partial charge in [0.25, 0.3) is 0 Å². The van der Waals surface area contributed by atoms with Crippen molar-refractivity contribution in [3.8, 4) is 0 Å². The number of piperidine rings is 1. The molecule has 18 heavy (non-hydrogen) atoms. The minimum atomic E-state index is 0.184. The van der Waals surface area contributed by atoms with Crippen molar-refractivity contribution in [1.29, 1.82) is 0 Å². The fourth-order valence-electron chi connectivity index (χ4n) is 2.59. The second kappa shape index (κ2) is 6.25. The minimum absolute atomic E-state index is 0.184. The lowest BCUT2D eigenvalue weighted by atomic mass is 9.96. The van der Waals surface area contributed by atoms with Crippen LogP contribution in [0.4, 0.5) is 0 Å². The molecule has 0 bridgehead atoms. The molecule has 2 nitrogen and oxygen atoms in total. The third-order valence-electron chi connectivity index (χ3n) is 3.82. The standard InChI is InChI=1S/C14H20Cl2N2/c1-10-5-7-18(8-6-10)13(9-17)11-3-2-4-12(15)14(11)16/h2-4,10,13H,5-9,17H2,1H3. The van der Waals surface area contributed by atoms with Crippen molar-refractivity contribution < 1.29 is 0 Å². The summed E-state index contributed by atoms with van der Waals surface area (Å²) in [5.41, 5.74) is 7.00. The number of likely N-dealkylation sites (tertiary alicyclic amines) is 1. The topological polar surface area (TPSA) is 29.3 Å². The fourth-order valence-corrected chi connectivity index (χ4v) is 3.02. The van der Waals surface area contributed by atoms with Crippen LogP contribution in [-0.4, -0.2) is 24.5 Å². The molecule has 1 heterocycles. The van der Waals surface area contributed by atoms with Crippen molar-refractivity contribution in [3.63, 3.8) is 0 Å². The molecular formula is C14H20Cl2N2. The second-order valence-electron chi connectivity index (χ2n) is 5.11. The second-order valence-corrected chi connectivity index (χ2v) is 5.90. The average molecular weight is 287 g/mol. The van der Waals surface area contributed by atoms with Crippen LogP contribution in [0.2, 0.25) is 10.0 Å². The molecule has 0 amide bonds. The zero-order valence-electron chi connectivity index (χ0n) is 10.7. The van der Waals surface area contributed by atoms with Crippen LogP contribution in [0.15, 0.2) is 18.2 Å². The van der Waals surface area contributed by atoms with E-state index >= 15 is 0 Å². The Kier molecular flexibility index (Phi) is 4.91. The summed E-state index contributed by atoms with van der Waals surface area (Å²) in [7, 11) is 0. The van der Waals surface area contributed by atoms with Crippen LogP contribution in [0, 0.1) is 5.92 Å². The van der Waals surface area contributed by atoms with Crippen molar-refractivity contribution in [1.82, 2.24) is 4.90 Å². The molecule has 1 atom stereocenters. The SMILES string of the molecule is CC1CCN(C(CN)c2cccc(Cl)c2Cl)CC1. The lowest BCUT2D eigenvalue weighted by Crippen LogP contribution is -2.39. The Labute approximate surface area is 119 Å². The van der Waals surface area contributed by atoms with Gasteiger partial charge in [0, 0.05) is 12.6 Å². The molecule has 100 valence electrons. The maximum absolute atomic E-state index is 6.30. The minimum Gasteiger partial charge on any atom is -0.329 e. The lowest BCUT2D eigenvalue weighted by molar-refractivity contribution is 0.141. The van der Waals surface area contributed by atoms with Crippen molar-refractivity contribution in [2.24, 2.45) is 11.7 Å². The first-order valence-corrected chi connectivity index (χ1v) is 7.27. The summed E-state index contributed by atoms with van der Waals surface area (Å²) in [6, 6.07) is 5.98. The zero-order chi connectivity index (χ0) is 13.1. The van der Waals surface area contributed by atoms with Crippen LogP contribution in [0.1, 0.15) is 31.4 Å². The maximum atomic E-state index is 6.30. The number of benzene rings is 1. The van der Waals surface area contributed by atoms with Crippen LogP contribution in [0.25, 0.3) is 0 Å². The molecule has 1 fully saturated rings. The first-order chi connectivity index (χ1) is 8.63. The van der Waals surface area contributed by atoms with Gasteiger partial charge in [-0.25, -0.2) is 0 Å². The van der Waals surface area contributed by atoms with E-state index in [2.05, 4.69) is 11.8 Å². The zero-order valence-corrected chi connectivity index (χ0v) is 12.2. The summed E-state index contributed by atoms with van der Waals surface area (Å²) in [4.78, 5) is 2.43. The summed E-state index contributed by atoms with van der Waals surface area (Å²) in [5, 5.41) is 1.26. The highest BCUT2D eigenvalue weighted by molar-refractivity contribution is 6.42. The fraction of sp³-hybridized carbons (Fsp3) is 0.571. The largest absolute Gasteiger partial charge is 0.329 e. The van der Waals surface area contributed by atoms with Gasteiger partial charge >= 0.3 is 0 Å². The molecule has 1 unspecified atom stereocenters. The monoisotopic (exact) mass is 286 g/mol. The van der Waals surface area contributed by atoms with Crippen molar-refractivity contribution >= 4 is 23.2 Å². The van der Waals surface area contributed by atoms with Gasteiger partial charge in [-0.15, -0.1) is 0 Å². The quantitative estimate of drug-likeness (QED) is 0.918. The van der Waals surface area contributed by atoms with E-state index in [1.807, 2.05) is 18.2 Å². The summed E-state index contributed by atoms with van der Waals surface area (Å²) >= 11 is 12.4. The molecule has 1 aromatic rings. The predicted molar refractivity (Wildman–Crippen MR) is 78.2 cm³/mol. The number of rotatable bonds is 3. The van der Waals surface area contributed by atoms with E-state index in [1.165, 1.54) is 12.8 Å². The molecule has 1 aliphatic heterocycles. The van der Waals surface area contributed by atoms with E-state index in [1.54, 1.807) is 0 Å². The van der Waals surface area contributed by atoms with Gasteiger partial charge in [0.15, 0.2) is 0 Å². The maximum Gasteiger partial charge on any atom is 0.0640 e. The summed E-state index contributed by atoms with van der Waals surface area (Å²) < 4.78 is 0. The smallest absolute Gasteiger partial charge is 0.0640 e. The molecule has 0 spiro atoms. The average Bonchev–Trinajstić information content (AvgIpc) is 2.37. The first-order valence-electron chi connectivity index (χ1n) is 6.51. The van der Waals surface area contributed by atoms with Crippen LogP contribution < -0.4 is 5.73 Å². The molecular weight excluding hydrogens is 267 g/mol. The van der Waals surface area contributed by atoms with Gasteiger partial charge in [0.05, 0.1) is 10.0 Å². The normalized spacial score (nSPS) is 20.0. The Morgan fingerprint density at radius 2 is 2.00 bits per heavy atom. The number of hydrogen-bond acceptors (Lipinski definition) is 2. The molecule has 2 rings (SSSR count). The molecule has 4 heteroatoms.